The van der Waals surface area contributed by atoms with Crippen LogP contribution in [0.2, 0.25) is 0 Å². The van der Waals surface area contributed by atoms with Gasteiger partial charge in [-0.1, -0.05) is 79.8 Å². The average Bonchev–Trinajstić information content (AvgIpc) is 2.77. The third kappa shape index (κ3) is 6.44. The number of aryl methyl sites for hydroxylation is 3. The van der Waals surface area contributed by atoms with Crippen LogP contribution in [0.15, 0.2) is 42.5 Å². The number of nitrogens with one attached hydrogen (secondary N) is 1. The number of carbonyl (C=O) groups is 2. The molecule has 0 unspecified atom stereocenters. The highest BCUT2D eigenvalue weighted by atomic mass is 16.2. The second-order valence-corrected chi connectivity index (χ2v) is 9.38. The molecule has 2 amide bonds. The topological polar surface area (TPSA) is 49.4 Å². The quantitative estimate of drug-likeness (QED) is 0.604. The molecule has 3 rings (SSSR count). The number of carbonyl (C=O) groups excluding carboxylic acids is 2. The number of benzene rings is 2. The Kier molecular flexibility index (Phi) is 8.49. The van der Waals surface area contributed by atoms with E-state index >= 15 is 0 Å². The predicted octanol–water partition coefficient (Wildman–Crippen LogP) is 5.41. The van der Waals surface area contributed by atoms with E-state index < -0.39 is 6.04 Å². The van der Waals surface area contributed by atoms with Crippen molar-refractivity contribution in [3.63, 3.8) is 0 Å². The van der Waals surface area contributed by atoms with Gasteiger partial charge in [0.15, 0.2) is 0 Å². The molecule has 172 valence electrons. The average molecular weight is 435 g/mol. The van der Waals surface area contributed by atoms with Gasteiger partial charge in [0.2, 0.25) is 11.8 Å². The molecule has 32 heavy (non-hydrogen) atoms. The molecule has 1 aliphatic rings. The fourth-order valence-corrected chi connectivity index (χ4v) is 4.73. The minimum absolute atomic E-state index is 0.00542. The van der Waals surface area contributed by atoms with Crippen molar-refractivity contribution in [3.05, 3.63) is 70.3 Å². The van der Waals surface area contributed by atoms with Gasteiger partial charge < -0.3 is 10.2 Å². The molecule has 4 nitrogen and oxygen atoms in total. The summed E-state index contributed by atoms with van der Waals surface area (Å²) in [7, 11) is 0. The highest BCUT2D eigenvalue weighted by Crippen LogP contribution is 2.20. The molecule has 1 aliphatic carbocycles. The summed E-state index contributed by atoms with van der Waals surface area (Å²) in [6.45, 7) is 8.59. The molecule has 4 heteroatoms. The Balaban J connectivity index is 1.84. The largest absolute Gasteiger partial charge is 0.352 e. The van der Waals surface area contributed by atoms with E-state index in [9.17, 15) is 9.59 Å². The second kappa shape index (κ2) is 11.3. The fourth-order valence-electron chi connectivity index (χ4n) is 4.73. The molecule has 2 aromatic rings. The van der Waals surface area contributed by atoms with Crippen LogP contribution in [0.1, 0.15) is 73.3 Å². The van der Waals surface area contributed by atoms with Crippen molar-refractivity contribution < 1.29 is 9.59 Å². The van der Waals surface area contributed by atoms with Crippen LogP contribution in [0.5, 0.6) is 0 Å². The lowest BCUT2D eigenvalue weighted by Crippen LogP contribution is -2.52. The summed E-state index contributed by atoms with van der Waals surface area (Å²) in [6.07, 6.45) is 6.57. The molecule has 0 radical (unpaired) electrons. The molecule has 0 bridgehead atoms. The summed E-state index contributed by atoms with van der Waals surface area (Å²) >= 11 is 0. The normalized spacial score (nSPS) is 15.2. The lowest BCUT2D eigenvalue weighted by atomic mass is 9.95. The lowest BCUT2D eigenvalue weighted by molar-refractivity contribution is -0.141. The van der Waals surface area contributed by atoms with Gasteiger partial charge in [-0.15, -0.1) is 0 Å². The molecule has 1 saturated carbocycles. The molecule has 0 saturated heterocycles. The standard InChI is InChI=1S/C28H38N2O2/c1-5-26(28(32)29-25-12-7-6-8-13-25)30(19-23-11-9-10-20(2)16-23)27(31)18-24-17-21(3)14-15-22(24)4/h9-11,14-17,25-26H,5-8,12-13,18-19H2,1-4H3,(H,29,32)/t26-/m1/s1. The van der Waals surface area contributed by atoms with E-state index in [1.54, 1.807) is 4.90 Å². The van der Waals surface area contributed by atoms with Crippen molar-refractivity contribution in [1.82, 2.24) is 10.2 Å². The molecular weight excluding hydrogens is 396 g/mol. The first-order valence-electron chi connectivity index (χ1n) is 12.1. The molecule has 2 aromatic carbocycles. The van der Waals surface area contributed by atoms with Gasteiger partial charge in [0, 0.05) is 12.6 Å². The van der Waals surface area contributed by atoms with Gasteiger partial charge in [-0.2, -0.15) is 0 Å². The molecule has 1 N–H and O–H groups in total. The highest BCUT2D eigenvalue weighted by Gasteiger charge is 2.30. The predicted molar refractivity (Wildman–Crippen MR) is 130 cm³/mol. The third-order valence-electron chi connectivity index (χ3n) is 6.62. The van der Waals surface area contributed by atoms with Crippen molar-refractivity contribution >= 4 is 11.8 Å². The zero-order chi connectivity index (χ0) is 23.1. The van der Waals surface area contributed by atoms with E-state index in [4.69, 9.17) is 0 Å². The minimum Gasteiger partial charge on any atom is -0.352 e. The first-order chi connectivity index (χ1) is 15.4. The first kappa shape index (κ1) is 24.0. The van der Waals surface area contributed by atoms with E-state index in [0.717, 1.165) is 40.7 Å². The SMILES string of the molecule is CC[C@H](C(=O)NC1CCCCC1)N(Cc1cccc(C)c1)C(=O)Cc1cc(C)ccc1C. The zero-order valence-corrected chi connectivity index (χ0v) is 20.1. The summed E-state index contributed by atoms with van der Waals surface area (Å²) in [6, 6.07) is 14.2. The van der Waals surface area contributed by atoms with Crippen LogP contribution in [-0.4, -0.2) is 28.8 Å². The van der Waals surface area contributed by atoms with Gasteiger partial charge in [0.05, 0.1) is 6.42 Å². The minimum atomic E-state index is -0.463. The fraction of sp³-hybridized carbons (Fsp3) is 0.500. The smallest absolute Gasteiger partial charge is 0.243 e. The van der Waals surface area contributed by atoms with Crippen molar-refractivity contribution in [3.8, 4) is 0 Å². The van der Waals surface area contributed by atoms with Gasteiger partial charge in [-0.05, 0) is 56.7 Å². The Morgan fingerprint density at radius 3 is 2.41 bits per heavy atom. The Morgan fingerprint density at radius 1 is 1.00 bits per heavy atom. The Hall–Kier alpha value is -2.62. The summed E-state index contributed by atoms with van der Waals surface area (Å²) in [5.74, 6) is -0.00721. The summed E-state index contributed by atoms with van der Waals surface area (Å²) in [5.41, 5.74) is 5.50. The maximum atomic E-state index is 13.6. The molecule has 0 spiro atoms. The molecule has 1 atom stereocenters. The first-order valence-corrected chi connectivity index (χ1v) is 12.1. The van der Waals surface area contributed by atoms with E-state index in [-0.39, 0.29) is 17.9 Å². The number of hydrogen-bond donors (Lipinski definition) is 1. The number of nitrogens with zero attached hydrogens (tertiary/aromatic N) is 1. The molecule has 0 aliphatic heterocycles. The van der Waals surface area contributed by atoms with Crippen molar-refractivity contribution in [1.29, 1.82) is 0 Å². The van der Waals surface area contributed by atoms with Crippen LogP contribution in [-0.2, 0) is 22.6 Å². The Labute approximate surface area is 193 Å². The van der Waals surface area contributed by atoms with Crippen LogP contribution in [0, 0.1) is 20.8 Å². The molecular formula is C28H38N2O2. The summed E-state index contributed by atoms with van der Waals surface area (Å²) in [5, 5.41) is 3.25. The van der Waals surface area contributed by atoms with Crippen LogP contribution >= 0.6 is 0 Å². The van der Waals surface area contributed by atoms with E-state index in [1.807, 2.05) is 32.9 Å². The van der Waals surface area contributed by atoms with Gasteiger partial charge >= 0.3 is 0 Å². The number of rotatable bonds is 8. The van der Waals surface area contributed by atoms with Gasteiger partial charge in [0.25, 0.3) is 0 Å². The van der Waals surface area contributed by atoms with Crippen LogP contribution < -0.4 is 5.32 Å². The van der Waals surface area contributed by atoms with E-state index in [2.05, 4.69) is 42.6 Å². The monoisotopic (exact) mass is 434 g/mol. The Morgan fingerprint density at radius 2 is 1.72 bits per heavy atom. The maximum Gasteiger partial charge on any atom is 0.243 e. The zero-order valence-electron chi connectivity index (χ0n) is 20.1. The molecule has 0 heterocycles. The Bertz CT molecular complexity index is 931. The van der Waals surface area contributed by atoms with Crippen LogP contribution in [0.4, 0.5) is 0 Å². The van der Waals surface area contributed by atoms with Crippen molar-refractivity contribution in [2.45, 2.75) is 91.3 Å². The van der Waals surface area contributed by atoms with Gasteiger partial charge in [-0.25, -0.2) is 0 Å². The van der Waals surface area contributed by atoms with Gasteiger partial charge in [-0.3, -0.25) is 9.59 Å². The summed E-state index contributed by atoms with van der Waals surface area (Å²) < 4.78 is 0. The van der Waals surface area contributed by atoms with Crippen molar-refractivity contribution in [2.24, 2.45) is 0 Å². The number of hydrogen-bond acceptors (Lipinski definition) is 2. The van der Waals surface area contributed by atoms with Crippen LogP contribution in [0.25, 0.3) is 0 Å². The lowest BCUT2D eigenvalue weighted by Gasteiger charge is -2.33. The summed E-state index contributed by atoms with van der Waals surface area (Å²) in [4.78, 5) is 28.7. The van der Waals surface area contributed by atoms with Gasteiger partial charge in [0.1, 0.15) is 6.04 Å². The van der Waals surface area contributed by atoms with E-state index in [1.165, 1.54) is 19.3 Å². The number of amides is 2. The van der Waals surface area contributed by atoms with E-state index in [0.29, 0.717) is 19.4 Å². The maximum absolute atomic E-state index is 13.6. The highest BCUT2D eigenvalue weighted by molar-refractivity contribution is 5.88. The van der Waals surface area contributed by atoms with Crippen LogP contribution in [0.3, 0.4) is 0 Å². The third-order valence-corrected chi connectivity index (χ3v) is 6.62. The molecule has 1 fully saturated rings. The van der Waals surface area contributed by atoms with Crippen molar-refractivity contribution in [2.75, 3.05) is 0 Å². The second-order valence-electron chi connectivity index (χ2n) is 9.38. The molecule has 0 aromatic heterocycles.